The van der Waals surface area contributed by atoms with Crippen LogP contribution in [0, 0.1) is 0 Å². The van der Waals surface area contributed by atoms with Crippen LogP contribution >= 0.6 is 0 Å². The Morgan fingerprint density at radius 1 is 1.69 bits per heavy atom. The van der Waals surface area contributed by atoms with Gasteiger partial charge in [-0.3, -0.25) is 9.59 Å². The van der Waals surface area contributed by atoms with E-state index in [2.05, 4.69) is 5.10 Å². The van der Waals surface area contributed by atoms with Gasteiger partial charge in [-0.15, -0.1) is 0 Å². The zero-order chi connectivity index (χ0) is 12.1. The minimum absolute atomic E-state index is 0.131. The molecule has 0 aromatic carbocycles. The fraction of sp³-hybridized carbons (Fsp3) is 0.444. The monoisotopic (exact) mass is 226 g/mol. The summed E-state index contributed by atoms with van der Waals surface area (Å²) >= 11 is 0. The average Bonchev–Trinajstić information content (AvgIpc) is 2.18. The topological polar surface area (TPSA) is 113 Å². The van der Waals surface area contributed by atoms with E-state index >= 15 is 0 Å². The predicted molar refractivity (Wildman–Crippen MR) is 56.8 cm³/mol. The highest BCUT2D eigenvalue weighted by Crippen LogP contribution is 2.03. The molecule has 88 valence electrons. The van der Waals surface area contributed by atoms with Crippen LogP contribution in [0.5, 0.6) is 5.75 Å². The Bertz CT molecular complexity index is 427. The highest BCUT2D eigenvalue weighted by molar-refractivity contribution is 5.73. The molecular weight excluding hydrogens is 212 g/mol. The quantitative estimate of drug-likeness (QED) is 0.631. The van der Waals surface area contributed by atoms with Gasteiger partial charge in [-0.2, -0.15) is 5.10 Å². The van der Waals surface area contributed by atoms with Crippen LogP contribution in [-0.2, 0) is 11.3 Å². The van der Waals surface area contributed by atoms with Crippen LogP contribution in [0.3, 0.4) is 0 Å². The van der Waals surface area contributed by atoms with Gasteiger partial charge in [0.1, 0.15) is 18.9 Å². The van der Waals surface area contributed by atoms with Crippen LogP contribution in [0.25, 0.3) is 0 Å². The van der Waals surface area contributed by atoms with Crippen molar-refractivity contribution in [1.29, 1.82) is 0 Å². The van der Waals surface area contributed by atoms with Gasteiger partial charge in [-0.05, 0) is 6.92 Å². The van der Waals surface area contributed by atoms with Crippen molar-refractivity contribution < 1.29 is 9.53 Å². The number of nitrogens with zero attached hydrogens (tertiary/aromatic N) is 2. The maximum Gasteiger partial charge on any atom is 0.270 e. The van der Waals surface area contributed by atoms with Gasteiger partial charge in [0.2, 0.25) is 5.91 Å². The molecule has 1 atom stereocenters. The zero-order valence-corrected chi connectivity index (χ0v) is 8.92. The van der Waals surface area contributed by atoms with Gasteiger partial charge < -0.3 is 16.2 Å². The summed E-state index contributed by atoms with van der Waals surface area (Å²) in [6, 6.07) is 1.10. The summed E-state index contributed by atoms with van der Waals surface area (Å²) in [6.07, 6.45) is 1.34. The summed E-state index contributed by atoms with van der Waals surface area (Å²) in [7, 11) is 0. The van der Waals surface area contributed by atoms with E-state index in [1.54, 1.807) is 6.92 Å². The van der Waals surface area contributed by atoms with Gasteiger partial charge in [0.25, 0.3) is 5.56 Å². The zero-order valence-electron chi connectivity index (χ0n) is 8.92. The number of aromatic nitrogens is 2. The molecule has 1 rings (SSSR count). The van der Waals surface area contributed by atoms with Crippen molar-refractivity contribution in [3.8, 4) is 5.75 Å². The summed E-state index contributed by atoms with van der Waals surface area (Å²) in [4.78, 5) is 22.0. The van der Waals surface area contributed by atoms with Gasteiger partial charge in [0.15, 0.2) is 0 Å². The summed E-state index contributed by atoms with van der Waals surface area (Å²) in [6.45, 7) is 1.83. The molecule has 0 saturated carbocycles. The lowest BCUT2D eigenvalue weighted by Crippen LogP contribution is -2.30. The minimum atomic E-state index is -0.626. The number of hydrogen-bond donors (Lipinski definition) is 2. The Balaban J connectivity index is 2.75. The molecule has 1 aromatic heterocycles. The number of primary amides is 1. The number of ether oxygens (including phenoxy) is 1. The van der Waals surface area contributed by atoms with E-state index in [0.717, 1.165) is 4.68 Å². The highest BCUT2D eigenvalue weighted by atomic mass is 16.5. The average molecular weight is 226 g/mol. The lowest BCUT2D eigenvalue weighted by molar-refractivity contribution is -0.118. The van der Waals surface area contributed by atoms with Gasteiger partial charge in [0, 0.05) is 12.1 Å². The largest absolute Gasteiger partial charge is 0.490 e. The third-order valence-corrected chi connectivity index (χ3v) is 1.66. The molecule has 0 aliphatic carbocycles. The molecule has 0 aliphatic heterocycles. The summed E-state index contributed by atoms with van der Waals surface area (Å²) in [5.41, 5.74) is 9.98. The third-order valence-electron chi connectivity index (χ3n) is 1.66. The SMILES string of the molecule is CC(N)COc1cnn(CC(N)=O)c(=O)c1. The maximum absolute atomic E-state index is 11.4. The van der Waals surface area contributed by atoms with Crippen molar-refractivity contribution >= 4 is 5.91 Å². The van der Waals surface area contributed by atoms with Crippen LogP contribution < -0.4 is 21.8 Å². The lowest BCUT2D eigenvalue weighted by atomic mass is 10.4. The van der Waals surface area contributed by atoms with Crippen LogP contribution in [0.4, 0.5) is 0 Å². The van der Waals surface area contributed by atoms with Crippen molar-refractivity contribution in [3.05, 3.63) is 22.6 Å². The third kappa shape index (κ3) is 3.70. The van der Waals surface area contributed by atoms with E-state index < -0.39 is 11.5 Å². The Hall–Kier alpha value is -1.89. The van der Waals surface area contributed by atoms with E-state index in [1.807, 2.05) is 0 Å². The number of rotatable bonds is 5. The summed E-state index contributed by atoms with van der Waals surface area (Å²) < 4.78 is 6.15. The van der Waals surface area contributed by atoms with E-state index in [0.29, 0.717) is 12.4 Å². The first-order valence-electron chi connectivity index (χ1n) is 4.73. The standard InChI is InChI=1S/C9H14N4O3/c1-6(10)5-16-7-2-9(15)13(12-3-7)4-8(11)14/h2-3,6H,4-5,10H2,1H3,(H2,11,14). The Morgan fingerprint density at radius 2 is 2.38 bits per heavy atom. The summed E-state index contributed by atoms with van der Waals surface area (Å²) in [5, 5.41) is 3.73. The smallest absolute Gasteiger partial charge is 0.270 e. The molecule has 1 heterocycles. The molecule has 0 spiro atoms. The summed E-state index contributed by atoms with van der Waals surface area (Å²) in [5.74, 6) is -0.304. The molecule has 7 heteroatoms. The first-order chi connectivity index (χ1) is 7.49. The molecule has 7 nitrogen and oxygen atoms in total. The predicted octanol–water partition coefficient (Wildman–Crippen LogP) is -1.55. The lowest BCUT2D eigenvalue weighted by Gasteiger charge is -2.08. The van der Waals surface area contributed by atoms with Crippen LogP contribution in [-0.4, -0.2) is 28.3 Å². The second kappa shape index (κ2) is 5.26. The normalized spacial score (nSPS) is 12.1. The minimum Gasteiger partial charge on any atom is -0.490 e. The van der Waals surface area contributed by atoms with E-state index in [9.17, 15) is 9.59 Å². The Labute approximate surface area is 92.0 Å². The highest BCUT2D eigenvalue weighted by Gasteiger charge is 2.04. The number of carbonyl (C=O) groups is 1. The first kappa shape index (κ1) is 12.2. The molecule has 1 amide bonds. The van der Waals surface area contributed by atoms with Gasteiger partial charge in [-0.25, -0.2) is 4.68 Å². The molecule has 0 bridgehead atoms. The molecule has 4 N–H and O–H groups in total. The van der Waals surface area contributed by atoms with Crippen LogP contribution in [0.2, 0.25) is 0 Å². The van der Waals surface area contributed by atoms with Gasteiger partial charge in [-0.1, -0.05) is 0 Å². The Kier molecular flexibility index (Phi) is 4.01. The number of amides is 1. The maximum atomic E-state index is 11.4. The van der Waals surface area contributed by atoms with Crippen LogP contribution in [0.1, 0.15) is 6.92 Å². The van der Waals surface area contributed by atoms with E-state index in [1.165, 1.54) is 12.3 Å². The second-order valence-electron chi connectivity index (χ2n) is 3.44. The van der Waals surface area contributed by atoms with E-state index in [4.69, 9.17) is 16.2 Å². The molecule has 0 fully saturated rings. The molecule has 1 aromatic rings. The van der Waals surface area contributed by atoms with E-state index in [-0.39, 0.29) is 12.6 Å². The van der Waals surface area contributed by atoms with Gasteiger partial charge in [0.05, 0.1) is 6.20 Å². The van der Waals surface area contributed by atoms with Crippen molar-refractivity contribution in [2.24, 2.45) is 11.5 Å². The molecule has 0 aliphatic rings. The molecule has 16 heavy (non-hydrogen) atoms. The second-order valence-corrected chi connectivity index (χ2v) is 3.44. The van der Waals surface area contributed by atoms with Crippen molar-refractivity contribution in [1.82, 2.24) is 9.78 Å². The van der Waals surface area contributed by atoms with Gasteiger partial charge >= 0.3 is 0 Å². The molecule has 0 saturated heterocycles. The Morgan fingerprint density at radius 3 is 2.88 bits per heavy atom. The number of nitrogens with two attached hydrogens (primary N) is 2. The van der Waals surface area contributed by atoms with Crippen molar-refractivity contribution in [2.75, 3.05) is 6.61 Å². The fourth-order valence-corrected chi connectivity index (χ4v) is 0.990. The first-order valence-corrected chi connectivity index (χ1v) is 4.73. The molecule has 1 unspecified atom stereocenters. The van der Waals surface area contributed by atoms with Crippen LogP contribution in [0.15, 0.2) is 17.1 Å². The van der Waals surface area contributed by atoms with Crippen molar-refractivity contribution in [2.45, 2.75) is 19.5 Å². The molecular formula is C9H14N4O3. The fourth-order valence-electron chi connectivity index (χ4n) is 0.990. The number of hydrogen-bond acceptors (Lipinski definition) is 5. The van der Waals surface area contributed by atoms with Crippen molar-refractivity contribution in [3.63, 3.8) is 0 Å². The molecule has 0 radical (unpaired) electrons. The number of carbonyl (C=O) groups excluding carboxylic acids is 1.